The quantitative estimate of drug-likeness (QED) is 0.765. The molecule has 4 rings (SSSR count). The third-order valence-electron chi connectivity index (χ3n) is 3.57. The van der Waals surface area contributed by atoms with Gasteiger partial charge in [0.05, 0.1) is 5.69 Å². The molecule has 1 aromatic heterocycles. The minimum absolute atomic E-state index is 0.129. The number of nitrogens with zero attached hydrogens (tertiary/aromatic N) is 1. The van der Waals surface area contributed by atoms with Gasteiger partial charge in [-0.3, -0.25) is 10.1 Å². The third-order valence-corrected chi connectivity index (χ3v) is 4.33. The highest BCUT2D eigenvalue weighted by atomic mass is 32.1. The van der Waals surface area contributed by atoms with Crippen LogP contribution in [0.25, 0.3) is 11.3 Å². The summed E-state index contributed by atoms with van der Waals surface area (Å²) in [6.07, 6.45) is 0. The second kappa shape index (κ2) is 6.14. The van der Waals surface area contributed by atoms with Gasteiger partial charge in [0.25, 0.3) is 5.91 Å². The van der Waals surface area contributed by atoms with Crippen LogP contribution in [0.2, 0.25) is 0 Å². The van der Waals surface area contributed by atoms with Gasteiger partial charge in [-0.2, -0.15) is 0 Å². The summed E-state index contributed by atoms with van der Waals surface area (Å²) >= 11 is 1.19. The summed E-state index contributed by atoms with van der Waals surface area (Å²) in [6.45, 7) is 0.129. The lowest BCUT2D eigenvalue weighted by Gasteiger charge is -2.03. The molecule has 0 aliphatic carbocycles. The fraction of sp³-hybridized carbons (Fsp3) is 0.0588. The summed E-state index contributed by atoms with van der Waals surface area (Å²) in [5, 5.41) is 4.67. The molecule has 25 heavy (non-hydrogen) atoms. The largest absolute Gasteiger partial charge is 0.454 e. The maximum Gasteiger partial charge on any atom is 0.257 e. The van der Waals surface area contributed by atoms with Crippen molar-refractivity contribution in [3.63, 3.8) is 0 Å². The second-order valence-electron chi connectivity index (χ2n) is 5.19. The Morgan fingerprint density at radius 3 is 2.76 bits per heavy atom. The molecule has 1 aliphatic heterocycles. The highest BCUT2D eigenvalue weighted by Gasteiger charge is 2.17. The van der Waals surface area contributed by atoms with Crippen LogP contribution in [0.1, 0.15) is 10.4 Å². The first-order valence-electron chi connectivity index (χ1n) is 7.22. The SMILES string of the molecule is O=C(Nc1nc(-c2ccc(F)c(F)c2)cs1)c1ccc2c(c1)OCO2. The van der Waals surface area contributed by atoms with Crippen LogP contribution in [0.5, 0.6) is 11.5 Å². The van der Waals surface area contributed by atoms with Gasteiger partial charge in [0.1, 0.15) is 0 Å². The summed E-state index contributed by atoms with van der Waals surface area (Å²) in [6, 6.07) is 8.39. The molecule has 2 aromatic carbocycles. The topological polar surface area (TPSA) is 60.5 Å². The van der Waals surface area contributed by atoms with Crippen LogP contribution in [0, 0.1) is 11.6 Å². The number of thiazole rings is 1. The Morgan fingerprint density at radius 2 is 1.92 bits per heavy atom. The highest BCUT2D eigenvalue weighted by molar-refractivity contribution is 7.14. The van der Waals surface area contributed by atoms with Gasteiger partial charge in [-0.05, 0) is 36.4 Å². The van der Waals surface area contributed by atoms with E-state index >= 15 is 0 Å². The minimum Gasteiger partial charge on any atom is -0.454 e. The lowest BCUT2D eigenvalue weighted by atomic mass is 10.2. The van der Waals surface area contributed by atoms with E-state index in [1.165, 1.54) is 17.4 Å². The van der Waals surface area contributed by atoms with Gasteiger partial charge >= 0.3 is 0 Å². The highest BCUT2D eigenvalue weighted by Crippen LogP contribution is 2.33. The van der Waals surface area contributed by atoms with Crippen LogP contribution in [0.15, 0.2) is 41.8 Å². The summed E-state index contributed by atoms with van der Waals surface area (Å²) in [5.41, 5.74) is 1.28. The van der Waals surface area contributed by atoms with Gasteiger partial charge in [0.15, 0.2) is 28.3 Å². The number of carbonyl (C=O) groups excluding carboxylic acids is 1. The fourth-order valence-corrected chi connectivity index (χ4v) is 3.04. The van der Waals surface area contributed by atoms with Crippen molar-refractivity contribution in [1.82, 2.24) is 4.98 Å². The molecule has 0 saturated carbocycles. The Labute approximate surface area is 144 Å². The first-order chi connectivity index (χ1) is 12.1. The number of benzene rings is 2. The number of nitrogens with one attached hydrogen (secondary N) is 1. The summed E-state index contributed by atoms with van der Waals surface area (Å²) in [7, 11) is 0. The van der Waals surface area contributed by atoms with Crippen LogP contribution in [0.3, 0.4) is 0 Å². The van der Waals surface area contributed by atoms with Crippen molar-refractivity contribution in [3.8, 4) is 22.8 Å². The molecule has 0 spiro atoms. The molecule has 0 fully saturated rings. The number of carbonyl (C=O) groups is 1. The maximum absolute atomic E-state index is 13.3. The van der Waals surface area contributed by atoms with Crippen LogP contribution in [-0.2, 0) is 0 Å². The van der Waals surface area contributed by atoms with Gasteiger partial charge < -0.3 is 9.47 Å². The zero-order valence-electron chi connectivity index (χ0n) is 12.6. The van der Waals surface area contributed by atoms with Crippen molar-refractivity contribution in [2.24, 2.45) is 0 Å². The third kappa shape index (κ3) is 3.03. The van der Waals surface area contributed by atoms with E-state index < -0.39 is 11.6 Å². The van der Waals surface area contributed by atoms with E-state index in [1.54, 1.807) is 23.6 Å². The van der Waals surface area contributed by atoms with Crippen molar-refractivity contribution in [1.29, 1.82) is 0 Å². The number of hydrogen-bond donors (Lipinski definition) is 1. The number of amides is 1. The smallest absolute Gasteiger partial charge is 0.257 e. The monoisotopic (exact) mass is 360 g/mol. The molecule has 0 saturated heterocycles. The van der Waals surface area contributed by atoms with E-state index in [4.69, 9.17) is 9.47 Å². The van der Waals surface area contributed by atoms with Gasteiger partial charge in [0.2, 0.25) is 6.79 Å². The molecule has 126 valence electrons. The molecular weight excluding hydrogens is 350 g/mol. The Kier molecular flexibility index (Phi) is 3.81. The molecule has 0 radical (unpaired) electrons. The number of fused-ring (bicyclic) bond motifs is 1. The Morgan fingerprint density at radius 1 is 1.08 bits per heavy atom. The molecule has 1 amide bonds. The molecule has 3 aromatic rings. The van der Waals surface area contributed by atoms with E-state index in [0.29, 0.717) is 33.5 Å². The van der Waals surface area contributed by atoms with Gasteiger partial charge in [-0.15, -0.1) is 11.3 Å². The number of rotatable bonds is 3. The minimum atomic E-state index is -0.948. The summed E-state index contributed by atoms with van der Waals surface area (Å²) < 4.78 is 36.8. The summed E-state index contributed by atoms with van der Waals surface area (Å²) in [4.78, 5) is 16.5. The molecule has 5 nitrogen and oxygen atoms in total. The second-order valence-corrected chi connectivity index (χ2v) is 6.05. The van der Waals surface area contributed by atoms with Gasteiger partial charge in [0, 0.05) is 16.5 Å². The van der Waals surface area contributed by atoms with Crippen LogP contribution in [-0.4, -0.2) is 17.7 Å². The summed E-state index contributed by atoms with van der Waals surface area (Å²) in [5.74, 6) is -1.13. The Hall–Kier alpha value is -3.00. The molecule has 0 atom stereocenters. The van der Waals surface area contributed by atoms with Crippen molar-refractivity contribution >= 4 is 22.4 Å². The average molecular weight is 360 g/mol. The Bertz CT molecular complexity index is 974. The van der Waals surface area contributed by atoms with Crippen LogP contribution < -0.4 is 14.8 Å². The van der Waals surface area contributed by atoms with Crippen molar-refractivity contribution in [2.45, 2.75) is 0 Å². The zero-order chi connectivity index (χ0) is 17.4. The average Bonchev–Trinajstić information content (AvgIpc) is 3.25. The standard InChI is InChI=1S/C17H10F2N2O3S/c18-11-3-1-9(5-12(11)19)13-7-25-17(20-13)21-16(22)10-2-4-14-15(6-10)24-8-23-14/h1-7H,8H2,(H,20,21,22). The van der Waals surface area contributed by atoms with Crippen molar-refractivity contribution in [3.05, 3.63) is 59.0 Å². The molecule has 1 N–H and O–H groups in total. The first-order valence-corrected chi connectivity index (χ1v) is 8.10. The van der Waals surface area contributed by atoms with E-state index in [9.17, 15) is 13.6 Å². The zero-order valence-corrected chi connectivity index (χ0v) is 13.4. The first kappa shape index (κ1) is 15.5. The number of anilines is 1. The van der Waals surface area contributed by atoms with Gasteiger partial charge in [-0.1, -0.05) is 0 Å². The molecule has 0 bridgehead atoms. The van der Waals surface area contributed by atoms with E-state index in [0.717, 1.165) is 12.1 Å². The number of aromatic nitrogens is 1. The number of halogens is 2. The predicted molar refractivity (Wildman–Crippen MR) is 88.0 cm³/mol. The van der Waals surface area contributed by atoms with Crippen molar-refractivity contribution < 1.29 is 23.0 Å². The fourth-order valence-electron chi connectivity index (χ4n) is 2.33. The number of hydrogen-bond acceptors (Lipinski definition) is 5. The molecular formula is C17H10F2N2O3S. The lowest BCUT2D eigenvalue weighted by molar-refractivity contribution is 0.102. The molecule has 1 aliphatic rings. The van der Waals surface area contributed by atoms with E-state index in [1.807, 2.05) is 0 Å². The number of ether oxygens (including phenoxy) is 2. The molecule has 8 heteroatoms. The Balaban J connectivity index is 1.52. The molecule has 2 heterocycles. The van der Waals surface area contributed by atoms with Crippen LogP contribution >= 0.6 is 11.3 Å². The predicted octanol–water partition coefficient (Wildman–Crippen LogP) is 4.07. The normalized spacial score (nSPS) is 12.2. The lowest BCUT2D eigenvalue weighted by Crippen LogP contribution is -2.11. The van der Waals surface area contributed by atoms with Crippen molar-refractivity contribution in [2.75, 3.05) is 12.1 Å². The van der Waals surface area contributed by atoms with Crippen LogP contribution in [0.4, 0.5) is 13.9 Å². The van der Waals surface area contributed by atoms with Gasteiger partial charge in [-0.25, -0.2) is 13.8 Å². The van der Waals surface area contributed by atoms with E-state index in [2.05, 4.69) is 10.3 Å². The molecule has 0 unspecified atom stereocenters. The van der Waals surface area contributed by atoms with E-state index in [-0.39, 0.29) is 12.7 Å². The maximum atomic E-state index is 13.3.